The van der Waals surface area contributed by atoms with Crippen LogP contribution in [0.4, 0.5) is 0 Å². The molecule has 0 aliphatic heterocycles. The first-order valence-electron chi connectivity index (χ1n) is 6.74. The summed E-state index contributed by atoms with van der Waals surface area (Å²) < 4.78 is 23.0. The van der Waals surface area contributed by atoms with Gasteiger partial charge < -0.3 is 5.32 Å². The number of nitrogens with two attached hydrogens (primary N) is 1. The van der Waals surface area contributed by atoms with Crippen molar-refractivity contribution in [3.8, 4) is 0 Å². The fourth-order valence-corrected chi connectivity index (χ4v) is 3.56. The van der Waals surface area contributed by atoms with E-state index in [2.05, 4.69) is 12.2 Å². The van der Waals surface area contributed by atoms with Gasteiger partial charge in [-0.15, -0.1) is 0 Å². The second kappa shape index (κ2) is 5.59. The second-order valence-corrected chi connectivity index (χ2v) is 7.90. The summed E-state index contributed by atoms with van der Waals surface area (Å²) in [6, 6.07) is 2.79. The van der Waals surface area contributed by atoms with Crippen LogP contribution in [0.5, 0.6) is 0 Å². The average Bonchev–Trinajstić information content (AvgIpc) is 2.35. The van der Waals surface area contributed by atoms with Crippen LogP contribution in [-0.4, -0.2) is 20.9 Å². The number of hydrogen-bond acceptors (Lipinski definition) is 3. The van der Waals surface area contributed by atoms with Gasteiger partial charge in [0.15, 0.2) is 0 Å². The van der Waals surface area contributed by atoms with E-state index in [0.717, 1.165) is 12.8 Å². The van der Waals surface area contributed by atoms with E-state index in [-0.39, 0.29) is 26.8 Å². The lowest BCUT2D eigenvalue weighted by Crippen LogP contribution is -2.40. The SMILES string of the molecule is Cc1cc(C(=O)NCC2(C)CCC2)cc(S(N)(=O)=O)c1Cl. The van der Waals surface area contributed by atoms with Crippen LogP contribution < -0.4 is 10.5 Å². The molecule has 3 N–H and O–H groups in total. The summed E-state index contributed by atoms with van der Waals surface area (Å²) in [6.45, 7) is 4.35. The molecule has 0 atom stereocenters. The van der Waals surface area contributed by atoms with E-state index in [9.17, 15) is 13.2 Å². The van der Waals surface area contributed by atoms with E-state index < -0.39 is 10.0 Å². The highest BCUT2D eigenvalue weighted by molar-refractivity contribution is 7.89. The minimum atomic E-state index is -3.96. The van der Waals surface area contributed by atoms with E-state index >= 15 is 0 Å². The Balaban J connectivity index is 2.23. The molecule has 1 aliphatic rings. The lowest BCUT2D eigenvalue weighted by atomic mass is 9.70. The zero-order valence-electron chi connectivity index (χ0n) is 12.1. The molecule has 0 spiro atoms. The van der Waals surface area contributed by atoms with Crippen LogP contribution in [0, 0.1) is 12.3 Å². The first kappa shape index (κ1) is 16.3. The van der Waals surface area contributed by atoms with E-state index in [1.807, 2.05) is 0 Å². The standard InChI is InChI=1S/C14H19ClN2O3S/c1-9-6-10(7-11(12(9)15)21(16,19)20)13(18)17-8-14(2)4-3-5-14/h6-7H,3-5,8H2,1-2H3,(H,17,18)(H2,16,19,20). The Bertz CT molecular complexity index is 682. The largest absolute Gasteiger partial charge is 0.351 e. The summed E-state index contributed by atoms with van der Waals surface area (Å²) in [7, 11) is -3.96. The van der Waals surface area contributed by atoms with Gasteiger partial charge >= 0.3 is 0 Å². The predicted molar refractivity (Wildman–Crippen MR) is 81.9 cm³/mol. The Morgan fingerprint density at radius 2 is 2.05 bits per heavy atom. The Kier molecular flexibility index (Phi) is 4.33. The predicted octanol–water partition coefficient (Wildman–Crippen LogP) is 2.22. The number of rotatable bonds is 4. The summed E-state index contributed by atoms with van der Waals surface area (Å²) >= 11 is 5.94. The van der Waals surface area contributed by atoms with Crippen molar-refractivity contribution in [2.75, 3.05) is 6.54 Å². The minimum Gasteiger partial charge on any atom is -0.351 e. The van der Waals surface area contributed by atoms with Crippen LogP contribution in [0.25, 0.3) is 0 Å². The molecule has 2 rings (SSSR count). The summed E-state index contributed by atoms with van der Waals surface area (Å²) in [6.07, 6.45) is 3.37. The molecule has 0 unspecified atom stereocenters. The van der Waals surface area contributed by atoms with Crippen molar-refractivity contribution in [3.63, 3.8) is 0 Å². The number of nitrogens with one attached hydrogen (secondary N) is 1. The fraction of sp³-hybridized carbons (Fsp3) is 0.500. The number of amides is 1. The number of carbonyl (C=O) groups excluding carboxylic acids is 1. The molecular weight excluding hydrogens is 312 g/mol. The zero-order valence-corrected chi connectivity index (χ0v) is 13.6. The molecule has 1 saturated carbocycles. The third-order valence-corrected chi connectivity index (χ3v) is 5.58. The van der Waals surface area contributed by atoms with Crippen molar-refractivity contribution >= 4 is 27.5 Å². The molecular formula is C14H19ClN2O3S. The highest BCUT2D eigenvalue weighted by Crippen LogP contribution is 2.39. The molecule has 5 nitrogen and oxygen atoms in total. The molecule has 1 fully saturated rings. The van der Waals surface area contributed by atoms with Gasteiger partial charge in [-0.3, -0.25) is 4.79 Å². The van der Waals surface area contributed by atoms with Gasteiger partial charge in [0.1, 0.15) is 4.90 Å². The Morgan fingerprint density at radius 3 is 2.52 bits per heavy atom. The first-order chi connectivity index (χ1) is 9.62. The summed E-state index contributed by atoms with van der Waals surface area (Å²) in [5.74, 6) is -0.312. The molecule has 116 valence electrons. The lowest BCUT2D eigenvalue weighted by molar-refractivity contribution is 0.0890. The summed E-state index contributed by atoms with van der Waals surface area (Å²) in [4.78, 5) is 12.0. The van der Waals surface area contributed by atoms with Crippen LogP contribution in [0.3, 0.4) is 0 Å². The van der Waals surface area contributed by atoms with Gasteiger partial charge in [0, 0.05) is 12.1 Å². The molecule has 0 heterocycles. The van der Waals surface area contributed by atoms with Crippen molar-refractivity contribution in [1.82, 2.24) is 5.32 Å². The summed E-state index contributed by atoms with van der Waals surface area (Å²) in [5.41, 5.74) is 0.909. The van der Waals surface area contributed by atoms with Gasteiger partial charge in [0.25, 0.3) is 5.91 Å². The van der Waals surface area contributed by atoms with E-state index in [4.69, 9.17) is 16.7 Å². The Labute approximate surface area is 129 Å². The fourth-order valence-electron chi connectivity index (χ4n) is 2.43. The van der Waals surface area contributed by atoms with Crippen molar-refractivity contribution in [2.45, 2.75) is 38.0 Å². The molecule has 0 aromatic heterocycles. The van der Waals surface area contributed by atoms with Gasteiger partial charge in [-0.05, 0) is 42.9 Å². The first-order valence-corrected chi connectivity index (χ1v) is 8.66. The van der Waals surface area contributed by atoms with Crippen molar-refractivity contribution in [3.05, 3.63) is 28.3 Å². The van der Waals surface area contributed by atoms with Crippen molar-refractivity contribution in [1.29, 1.82) is 0 Å². The van der Waals surface area contributed by atoms with Crippen LogP contribution in [0.1, 0.15) is 42.1 Å². The van der Waals surface area contributed by atoms with Crippen LogP contribution >= 0.6 is 11.6 Å². The van der Waals surface area contributed by atoms with Crippen LogP contribution in [-0.2, 0) is 10.0 Å². The molecule has 1 aromatic carbocycles. The normalized spacial score (nSPS) is 17.1. The smallest absolute Gasteiger partial charge is 0.251 e. The zero-order chi connectivity index (χ0) is 15.8. The number of hydrogen-bond donors (Lipinski definition) is 2. The quantitative estimate of drug-likeness (QED) is 0.887. The number of benzene rings is 1. The lowest BCUT2D eigenvalue weighted by Gasteiger charge is -2.38. The molecule has 1 amide bonds. The van der Waals surface area contributed by atoms with Gasteiger partial charge in [-0.1, -0.05) is 24.9 Å². The number of primary sulfonamides is 1. The number of halogens is 1. The van der Waals surface area contributed by atoms with E-state index in [1.165, 1.54) is 12.5 Å². The maximum absolute atomic E-state index is 12.2. The number of carbonyl (C=O) groups is 1. The topological polar surface area (TPSA) is 89.3 Å². The van der Waals surface area contributed by atoms with Crippen LogP contribution in [0.2, 0.25) is 5.02 Å². The van der Waals surface area contributed by atoms with Gasteiger partial charge in [-0.2, -0.15) is 0 Å². The monoisotopic (exact) mass is 330 g/mol. The summed E-state index contributed by atoms with van der Waals surface area (Å²) in [5, 5.41) is 8.03. The van der Waals surface area contributed by atoms with Gasteiger partial charge in [0.05, 0.1) is 5.02 Å². The average molecular weight is 331 g/mol. The number of sulfonamides is 1. The highest BCUT2D eigenvalue weighted by atomic mass is 35.5. The van der Waals surface area contributed by atoms with Crippen molar-refractivity contribution in [2.24, 2.45) is 10.6 Å². The maximum Gasteiger partial charge on any atom is 0.251 e. The Morgan fingerprint density at radius 1 is 1.43 bits per heavy atom. The molecule has 0 radical (unpaired) electrons. The molecule has 0 saturated heterocycles. The molecule has 1 aromatic rings. The van der Waals surface area contributed by atoms with Crippen LogP contribution in [0.15, 0.2) is 17.0 Å². The number of aryl methyl sites for hydroxylation is 1. The maximum atomic E-state index is 12.2. The minimum absolute atomic E-state index is 0.0556. The molecule has 21 heavy (non-hydrogen) atoms. The molecule has 7 heteroatoms. The third kappa shape index (κ3) is 3.56. The third-order valence-electron chi connectivity index (χ3n) is 4.03. The van der Waals surface area contributed by atoms with E-state index in [0.29, 0.717) is 12.1 Å². The molecule has 1 aliphatic carbocycles. The van der Waals surface area contributed by atoms with Gasteiger partial charge in [-0.25, -0.2) is 13.6 Å². The van der Waals surface area contributed by atoms with E-state index in [1.54, 1.807) is 13.0 Å². The highest BCUT2D eigenvalue weighted by Gasteiger charge is 2.32. The Hall–Kier alpha value is -1.11. The van der Waals surface area contributed by atoms with Crippen molar-refractivity contribution < 1.29 is 13.2 Å². The second-order valence-electron chi connectivity index (χ2n) is 6.00. The van der Waals surface area contributed by atoms with Gasteiger partial charge in [0.2, 0.25) is 10.0 Å². The molecule has 0 bridgehead atoms.